The number of ether oxygens (including phenoxy) is 1. The minimum atomic E-state index is -0.107. The van der Waals surface area contributed by atoms with Gasteiger partial charge in [-0.25, -0.2) is 4.98 Å². The first kappa shape index (κ1) is 21.6. The van der Waals surface area contributed by atoms with Gasteiger partial charge in [-0.3, -0.25) is 9.59 Å². The van der Waals surface area contributed by atoms with Crippen LogP contribution >= 0.6 is 11.8 Å². The fourth-order valence-corrected chi connectivity index (χ4v) is 4.87. The van der Waals surface area contributed by atoms with Gasteiger partial charge in [0, 0.05) is 11.1 Å². The van der Waals surface area contributed by atoms with Gasteiger partial charge < -0.3 is 9.72 Å². The molecule has 1 aliphatic rings. The van der Waals surface area contributed by atoms with Crippen molar-refractivity contribution in [3.8, 4) is 5.75 Å². The standard InChI is InChI=1S/C23H30N2O3S/c1-15(13-17-7-5-4-6-8-17)21-16(2)22(27)25-23(24-21)29-14-20(26)18-9-11-19(28-3)12-10-18/h9-12,15,17H,4-8,13-14H2,1-3H3,(H,24,25,27). The molecule has 1 unspecified atom stereocenters. The first-order valence-corrected chi connectivity index (χ1v) is 11.4. The van der Waals surface area contributed by atoms with E-state index < -0.39 is 0 Å². The Kier molecular flexibility index (Phi) is 7.53. The monoisotopic (exact) mass is 414 g/mol. The second-order valence-electron chi connectivity index (χ2n) is 7.96. The Morgan fingerprint density at radius 3 is 2.59 bits per heavy atom. The smallest absolute Gasteiger partial charge is 0.254 e. The molecule has 0 radical (unpaired) electrons. The minimum Gasteiger partial charge on any atom is -0.497 e. The van der Waals surface area contributed by atoms with Gasteiger partial charge in [0.25, 0.3) is 5.56 Å². The Hall–Kier alpha value is -2.08. The fourth-order valence-electron chi connectivity index (χ4n) is 4.11. The van der Waals surface area contributed by atoms with Gasteiger partial charge in [0.1, 0.15) is 5.75 Å². The zero-order valence-electron chi connectivity index (χ0n) is 17.5. The van der Waals surface area contributed by atoms with Crippen LogP contribution in [0.5, 0.6) is 5.75 Å². The van der Waals surface area contributed by atoms with Crippen LogP contribution < -0.4 is 10.3 Å². The maximum atomic E-state index is 12.5. The maximum Gasteiger partial charge on any atom is 0.254 e. The first-order valence-electron chi connectivity index (χ1n) is 10.4. The van der Waals surface area contributed by atoms with E-state index in [1.54, 1.807) is 31.4 Å². The molecule has 2 aromatic rings. The fraction of sp³-hybridized carbons (Fsp3) is 0.522. The second kappa shape index (κ2) is 10.1. The summed E-state index contributed by atoms with van der Waals surface area (Å²) in [6.07, 6.45) is 7.61. The lowest BCUT2D eigenvalue weighted by molar-refractivity contribution is 0.102. The molecule has 3 rings (SSSR count). The molecule has 0 spiro atoms. The topological polar surface area (TPSA) is 72.0 Å². The Labute approximate surface area is 176 Å². The Balaban J connectivity index is 1.67. The molecule has 1 aliphatic carbocycles. The molecule has 0 aliphatic heterocycles. The number of Topliss-reactive ketones (excluding diaryl/α,β-unsaturated/α-hetero) is 1. The number of thioether (sulfide) groups is 1. The number of carbonyl (C=O) groups excluding carboxylic acids is 1. The molecule has 1 aromatic carbocycles. The number of aromatic nitrogens is 2. The van der Waals surface area contributed by atoms with Crippen molar-refractivity contribution in [2.45, 2.75) is 63.4 Å². The molecule has 156 valence electrons. The molecule has 1 aromatic heterocycles. The lowest BCUT2D eigenvalue weighted by Gasteiger charge is -2.25. The van der Waals surface area contributed by atoms with Crippen molar-refractivity contribution in [1.82, 2.24) is 9.97 Å². The summed E-state index contributed by atoms with van der Waals surface area (Å²) in [5.74, 6) is 1.92. The highest BCUT2D eigenvalue weighted by atomic mass is 32.2. The SMILES string of the molecule is COc1ccc(C(=O)CSc2nc(C(C)CC3CCCCC3)c(C)c(=O)[nH]2)cc1. The number of carbonyl (C=O) groups is 1. The zero-order valence-corrected chi connectivity index (χ0v) is 18.3. The summed E-state index contributed by atoms with van der Waals surface area (Å²) >= 11 is 1.29. The molecule has 1 saturated carbocycles. The minimum absolute atomic E-state index is 0.00215. The number of methoxy groups -OCH3 is 1. The third-order valence-corrected chi connectivity index (χ3v) is 6.67. The average molecular weight is 415 g/mol. The third kappa shape index (κ3) is 5.72. The van der Waals surface area contributed by atoms with Crippen LogP contribution in [0.2, 0.25) is 0 Å². The Morgan fingerprint density at radius 1 is 1.24 bits per heavy atom. The summed E-state index contributed by atoms with van der Waals surface area (Å²) in [6, 6.07) is 7.05. The van der Waals surface area contributed by atoms with Crippen molar-refractivity contribution in [2.75, 3.05) is 12.9 Å². The summed E-state index contributed by atoms with van der Waals surface area (Å²) < 4.78 is 5.13. The predicted molar refractivity (Wildman–Crippen MR) is 117 cm³/mol. The van der Waals surface area contributed by atoms with Gasteiger partial charge in [-0.1, -0.05) is 50.8 Å². The predicted octanol–water partition coefficient (Wildman–Crippen LogP) is 5.14. The number of ketones is 1. The maximum absolute atomic E-state index is 12.5. The quantitative estimate of drug-likeness (QED) is 0.368. The van der Waals surface area contributed by atoms with Crippen LogP contribution in [0.25, 0.3) is 0 Å². The largest absolute Gasteiger partial charge is 0.497 e. The van der Waals surface area contributed by atoms with Crippen LogP contribution in [0.4, 0.5) is 0 Å². The Morgan fingerprint density at radius 2 is 1.93 bits per heavy atom. The van der Waals surface area contributed by atoms with E-state index in [-0.39, 0.29) is 23.0 Å². The molecule has 1 heterocycles. The highest BCUT2D eigenvalue weighted by molar-refractivity contribution is 7.99. The van der Waals surface area contributed by atoms with Crippen molar-refractivity contribution < 1.29 is 9.53 Å². The molecule has 5 nitrogen and oxygen atoms in total. The van der Waals surface area contributed by atoms with Gasteiger partial charge in [0.2, 0.25) is 0 Å². The summed E-state index contributed by atoms with van der Waals surface area (Å²) in [4.78, 5) is 32.5. The molecular weight excluding hydrogens is 384 g/mol. The van der Waals surface area contributed by atoms with Gasteiger partial charge in [-0.2, -0.15) is 0 Å². The highest BCUT2D eigenvalue weighted by Gasteiger charge is 2.21. The molecule has 0 bridgehead atoms. The molecule has 1 fully saturated rings. The molecule has 29 heavy (non-hydrogen) atoms. The number of hydrogen-bond acceptors (Lipinski definition) is 5. The van der Waals surface area contributed by atoms with Crippen molar-refractivity contribution in [3.05, 3.63) is 51.4 Å². The lowest BCUT2D eigenvalue weighted by Crippen LogP contribution is -2.19. The van der Waals surface area contributed by atoms with Crippen molar-refractivity contribution >= 4 is 17.5 Å². The van der Waals surface area contributed by atoms with Crippen LogP contribution in [0, 0.1) is 12.8 Å². The van der Waals surface area contributed by atoms with E-state index in [1.165, 1.54) is 43.9 Å². The number of rotatable bonds is 8. The number of hydrogen-bond donors (Lipinski definition) is 1. The number of nitrogens with one attached hydrogen (secondary N) is 1. The highest BCUT2D eigenvalue weighted by Crippen LogP contribution is 2.33. The molecular formula is C23H30N2O3S. The van der Waals surface area contributed by atoms with E-state index in [9.17, 15) is 9.59 Å². The summed E-state index contributed by atoms with van der Waals surface area (Å²) in [5, 5.41) is 0.521. The second-order valence-corrected chi connectivity index (χ2v) is 8.93. The Bertz CT molecular complexity index is 886. The van der Waals surface area contributed by atoms with Crippen LogP contribution in [0.3, 0.4) is 0 Å². The van der Waals surface area contributed by atoms with Gasteiger partial charge in [-0.05, 0) is 49.4 Å². The van der Waals surface area contributed by atoms with Gasteiger partial charge in [0.15, 0.2) is 10.9 Å². The van der Waals surface area contributed by atoms with Gasteiger partial charge in [0.05, 0.1) is 18.6 Å². The number of nitrogens with zero attached hydrogens (tertiary/aromatic N) is 1. The third-order valence-electron chi connectivity index (χ3n) is 5.80. The van der Waals surface area contributed by atoms with E-state index >= 15 is 0 Å². The summed E-state index contributed by atoms with van der Waals surface area (Å²) in [6.45, 7) is 4.01. The van der Waals surface area contributed by atoms with E-state index in [1.807, 2.05) is 6.92 Å². The summed E-state index contributed by atoms with van der Waals surface area (Å²) in [7, 11) is 1.60. The summed E-state index contributed by atoms with van der Waals surface area (Å²) in [5.41, 5.74) is 2.08. The van der Waals surface area contributed by atoms with Crippen molar-refractivity contribution in [1.29, 1.82) is 0 Å². The normalized spacial score (nSPS) is 15.8. The zero-order chi connectivity index (χ0) is 20.8. The van der Waals surface area contributed by atoms with E-state index in [4.69, 9.17) is 9.72 Å². The van der Waals surface area contributed by atoms with E-state index in [0.29, 0.717) is 16.3 Å². The van der Waals surface area contributed by atoms with Crippen LogP contribution in [-0.4, -0.2) is 28.6 Å². The van der Waals surface area contributed by atoms with Crippen molar-refractivity contribution in [3.63, 3.8) is 0 Å². The van der Waals surface area contributed by atoms with Gasteiger partial charge in [-0.15, -0.1) is 0 Å². The van der Waals surface area contributed by atoms with Crippen LogP contribution in [0.1, 0.15) is 73.0 Å². The average Bonchev–Trinajstić information content (AvgIpc) is 2.74. The number of aromatic amines is 1. The number of benzene rings is 1. The first-order chi connectivity index (χ1) is 14.0. The molecule has 0 saturated heterocycles. The lowest BCUT2D eigenvalue weighted by atomic mass is 9.82. The van der Waals surface area contributed by atoms with Crippen LogP contribution in [0.15, 0.2) is 34.2 Å². The molecule has 1 N–H and O–H groups in total. The molecule has 1 atom stereocenters. The van der Waals surface area contributed by atoms with E-state index in [2.05, 4.69) is 11.9 Å². The molecule has 0 amide bonds. The van der Waals surface area contributed by atoms with Crippen LogP contribution in [-0.2, 0) is 0 Å². The van der Waals surface area contributed by atoms with Crippen molar-refractivity contribution in [2.24, 2.45) is 5.92 Å². The van der Waals surface area contributed by atoms with Gasteiger partial charge >= 0.3 is 0 Å². The number of H-pyrrole nitrogens is 1. The van der Waals surface area contributed by atoms with E-state index in [0.717, 1.165) is 23.8 Å². The molecule has 6 heteroatoms.